The van der Waals surface area contributed by atoms with Crippen molar-refractivity contribution < 1.29 is 17.6 Å². The number of halogens is 4. The second-order valence-electron chi connectivity index (χ2n) is 4.09. The third kappa shape index (κ3) is 3.38. The molecular weight excluding hydrogens is 234 g/mol. The summed E-state index contributed by atoms with van der Waals surface area (Å²) in [5.74, 6) is 1.38. The highest BCUT2D eigenvalue weighted by molar-refractivity contribution is 5.50. The molecule has 0 atom stereocenters. The van der Waals surface area contributed by atoms with Crippen LogP contribution in [0, 0.1) is 18.2 Å². The van der Waals surface area contributed by atoms with Crippen molar-refractivity contribution in [1.82, 2.24) is 0 Å². The Hall–Kier alpha value is -1.70. The molecule has 0 aliphatic rings. The van der Waals surface area contributed by atoms with Crippen LogP contribution < -0.4 is 5.32 Å². The minimum Gasteiger partial charge on any atom is -0.367 e. The first-order chi connectivity index (χ1) is 7.65. The van der Waals surface area contributed by atoms with E-state index < -0.39 is 23.1 Å². The monoisotopic (exact) mass is 245 g/mol. The lowest BCUT2D eigenvalue weighted by Gasteiger charge is -2.21. The van der Waals surface area contributed by atoms with E-state index in [0.717, 1.165) is 12.1 Å². The summed E-state index contributed by atoms with van der Waals surface area (Å²) >= 11 is 0. The Labute approximate surface area is 96.8 Å². The zero-order chi connectivity index (χ0) is 13.3. The quantitative estimate of drug-likeness (QED) is 0.619. The van der Waals surface area contributed by atoms with E-state index in [2.05, 4.69) is 11.2 Å². The molecule has 92 valence electrons. The first-order valence-electron chi connectivity index (χ1n) is 4.78. The highest BCUT2D eigenvalue weighted by Gasteiger charge is 2.31. The van der Waals surface area contributed by atoms with Crippen LogP contribution in [0.1, 0.15) is 19.4 Å². The van der Waals surface area contributed by atoms with Gasteiger partial charge in [0.2, 0.25) is 0 Å². The van der Waals surface area contributed by atoms with Crippen LogP contribution in [0.25, 0.3) is 0 Å². The molecule has 17 heavy (non-hydrogen) atoms. The van der Waals surface area contributed by atoms with Crippen LogP contribution in [0.15, 0.2) is 18.2 Å². The van der Waals surface area contributed by atoms with Crippen molar-refractivity contribution in [1.29, 1.82) is 0 Å². The zero-order valence-electron chi connectivity index (χ0n) is 9.32. The molecule has 1 aromatic rings. The van der Waals surface area contributed by atoms with E-state index in [-0.39, 0.29) is 5.69 Å². The van der Waals surface area contributed by atoms with Gasteiger partial charge in [-0.2, -0.15) is 13.2 Å². The van der Waals surface area contributed by atoms with Crippen molar-refractivity contribution >= 4 is 5.69 Å². The lowest BCUT2D eigenvalue weighted by molar-refractivity contribution is -0.137. The van der Waals surface area contributed by atoms with Crippen LogP contribution >= 0.6 is 0 Å². The zero-order valence-corrected chi connectivity index (χ0v) is 9.32. The molecular formula is C12H11F4N. The molecule has 0 saturated heterocycles. The number of benzene rings is 1. The van der Waals surface area contributed by atoms with E-state index in [1.165, 1.54) is 0 Å². The van der Waals surface area contributed by atoms with Gasteiger partial charge in [-0.3, -0.25) is 0 Å². The van der Waals surface area contributed by atoms with Crippen LogP contribution in [0.3, 0.4) is 0 Å². The number of hydrogen-bond donors (Lipinski definition) is 1. The molecule has 5 heteroatoms. The third-order valence-electron chi connectivity index (χ3n) is 2.10. The summed E-state index contributed by atoms with van der Waals surface area (Å²) in [5, 5.41) is 2.64. The average molecular weight is 245 g/mol. The van der Waals surface area contributed by atoms with Gasteiger partial charge in [-0.05, 0) is 32.0 Å². The second-order valence-corrected chi connectivity index (χ2v) is 4.09. The standard InChI is InChI=1S/C12H11F4N/c1-4-11(2,3)17-10-6-5-8(7-9(10)13)12(14,15)16/h1,5-7,17H,2-3H3. The van der Waals surface area contributed by atoms with Crippen LogP contribution in [0.2, 0.25) is 0 Å². The van der Waals surface area contributed by atoms with E-state index in [1.807, 2.05) is 0 Å². The summed E-state index contributed by atoms with van der Waals surface area (Å²) in [6, 6.07) is 2.27. The van der Waals surface area contributed by atoms with Crippen LogP contribution in [-0.2, 0) is 6.18 Å². The number of rotatable bonds is 2. The molecule has 0 aliphatic carbocycles. The van der Waals surface area contributed by atoms with Crippen molar-refractivity contribution in [3.05, 3.63) is 29.6 Å². The maximum absolute atomic E-state index is 13.4. The maximum Gasteiger partial charge on any atom is 0.416 e. The molecule has 0 bridgehead atoms. The molecule has 0 heterocycles. The van der Waals surface area contributed by atoms with Gasteiger partial charge in [-0.25, -0.2) is 4.39 Å². The molecule has 1 N–H and O–H groups in total. The molecule has 0 aromatic heterocycles. The first kappa shape index (κ1) is 13.4. The fraction of sp³-hybridized carbons (Fsp3) is 0.333. The Balaban J connectivity index is 3.04. The molecule has 1 rings (SSSR count). The number of alkyl halides is 3. The van der Waals surface area contributed by atoms with Crippen molar-refractivity contribution in [2.75, 3.05) is 5.32 Å². The Morgan fingerprint density at radius 1 is 1.24 bits per heavy atom. The van der Waals surface area contributed by atoms with Gasteiger partial charge in [0.15, 0.2) is 0 Å². The molecule has 0 saturated carbocycles. The fourth-order valence-electron chi connectivity index (χ4n) is 1.17. The topological polar surface area (TPSA) is 12.0 Å². The Morgan fingerprint density at radius 2 is 1.82 bits per heavy atom. The molecule has 0 fully saturated rings. The van der Waals surface area contributed by atoms with Gasteiger partial charge >= 0.3 is 6.18 Å². The molecule has 0 unspecified atom stereocenters. The third-order valence-corrected chi connectivity index (χ3v) is 2.10. The minimum absolute atomic E-state index is 0.0547. The van der Waals surface area contributed by atoms with Crippen LogP contribution in [0.5, 0.6) is 0 Å². The Bertz CT molecular complexity index is 455. The van der Waals surface area contributed by atoms with Crippen LogP contribution in [-0.4, -0.2) is 5.54 Å². The summed E-state index contributed by atoms with van der Waals surface area (Å²) in [5.41, 5.74) is -1.92. The lowest BCUT2D eigenvalue weighted by Crippen LogP contribution is -2.29. The van der Waals surface area contributed by atoms with Gasteiger partial charge in [-0.15, -0.1) is 6.42 Å². The summed E-state index contributed by atoms with van der Waals surface area (Å²) in [4.78, 5) is 0. The number of hydrogen-bond acceptors (Lipinski definition) is 1. The van der Waals surface area contributed by atoms with E-state index in [4.69, 9.17) is 6.42 Å². The van der Waals surface area contributed by atoms with E-state index in [9.17, 15) is 17.6 Å². The van der Waals surface area contributed by atoms with Crippen LogP contribution in [0.4, 0.5) is 23.2 Å². The van der Waals surface area contributed by atoms with Gasteiger partial charge in [0.1, 0.15) is 5.82 Å². The van der Waals surface area contributed by atoms with Gasteiger partial charge < -0.3 is 5.32 Å². The minimum atomic E-state index is -4.55. The van der Waals surface area contributed by atoms with Crippen molar-refractivity contribution in [2.24, 2.45) is 0 Å². The van der Waals surface area contributed by atoms with Gasteiger partial charge in [0.25, 0.3) is 0 Å². The largest absolute Gasteiger partial charge is 0.416 e. The number of terminal acetylenes is 1. The Kier molecular flexibility index (Phi) is 3.37. The first-order valence-corrected chi connectivity index (χ1v) is 4.78. The van der Waals surface area contributed by atoms with Crippen molar-refractivity contribution in [3.63, 3.8) is 0 Å². The molecule has 1 aromatic carbocycles. The van der Waals surface area contributed by atoms with Gasteiger partial charge in [0, 0.05) is 0 Å². The molecule has 0 aliphatic heterocycles. The van der Waals surface area contributed by atoms with Crippen molar-refractivity contribution in [2.45, 2.75) is 25.6 Å². The van der Waals surface area contributed by atoms with Crippen molar-refractivity contribution in [3.8, 4) is 12.3 Å². The molecule has 0 amide bonds. The molecule has 0 radical (unpaired) electrons. The van der Waals surface area contributed by atoms with E-state index in [0.29, 0.717) is 6.07 Å². The summed E-state index contributed by atoms with van der Waals surface area (Å²) in [7, 11) is 0. The second kappa shape index (κ2) is 4.28. The SMILES string of the molecule is C#CC(C)(C)Nc1ccc(C(F)(F)F)cc1F. The highest BCUT2D eigenvalue weighted by atomic mass is 19.4. The fourth-order valence-corrected chi connectivity index (χ4v) is 1.17. The Morgan fingerprint density at radius 3 is 2.24 bits per heavy atom. The lowest BCUT2D eigenvalue weighted by atomic mass is 10.1. The van der Waals surface area contributed by atoms with E-state index >= 15 is 0 Å². The smallest absolute Gasteiger partial charge is 0.367 e. The molecule has 0 spiro atoms. The van der Waals surface area contributed by atoms with Gasteiger partial charge in [-0.1, -0.05) is 5.92 Å². The summed E-state index contributed by atoms with van der Waals surface area (Å²) in [6.45, 7) is 3.23. The summed E-state index contributed by atoms with van der Waals surface area (Å²) in [6.07, 6.45) is 0.634. The van der Waals surface area contributed by atoms with E-state index in [1.54, 1.807) is 13.8 Å². The number of anilines is 1. The predicted molar refractivity (Wildman–Crippen MR) is 57.9 cm³/mol. The molecule has 1 nitrogen and oxygen atoms in total. The highest BCUT2D eigenvalue weighted by Crippen LogP contribution is 2.31. The number of nitrogens with one attached hydrogen (secondary N) is 1. The average Bonchev–Trinajstić information content (AvgIpc) is 2.19. The predicted octanol–water partition coefficient (Wildman–Crippen LogP) is 3.67. The summed E-state index contributed by atoms with van der Waals surface area (Å²) < 4.78 is 50.3. The van der Waals surface area contributed by atoms with Gasteiger partial charge in [0.05, 0.1) is 16.8 Å². The normalized spacial score (nSPS) is 12.1. The maximum atomic E-state index is 13.4.